The zero-order valence-electron chi connectivity index (χ0n) is 18.6. The maximum atomic E-state index is 6.65. The number of aryl methyl sites for hydroxylation is 1. The van der Waals surface area contributed by atoms with Crippen molar-refractivity contribution in [2.75, 3.05) is 39.5 Å². The van der Waals surface area contributed by atoms with E-state index in [4.69, 9.17) is 14.2 Å². The fraction of sp³-hybridized carbons (Fsp3) is 0.640. The van der Waals surface area contributed by atoms with Gasteiger partial charge in [-0.25, -0.2) is 4.98 Å². The van der Waals surface area contributed by atoms with Gasteiger partial charge < -0.3 is 14.2 Å². The van der Waals surface area contributed by atoms with E-state index in [1.54, 1.807) is 0 Å². The van der Waals surface area contributed by atoms with E-state index >= 15 is 0 Å². The predicted molar refractivity (Wildman–Crippen MR) is 125 cm³/mol. The van der Waals surface area contributed by atoms with Crippen LogP contribution in [0.15, 0.2) is 24.4 Å². The quantitative estimate of drug-likeness (QED) is 0.449. The molecule has 1 saturated carbocycles. The molecule has 168 valence electrons. The fourth-order valence-corrected chi connectivity index (χ4v) is 6.68. The number of rotatable bonds is 7. The molecule has 2 fully saturated rings. The Bertz CT molecular complexity index is 898. The van der Waals surface area contributed by atoms with E-state index < -0.39 is 0 Å². The molecule has 31 heavy (non-hydrogen) atoms. The first-order chi connectivity index (χ1) is 15.3. The number of ether oxygens (including phenoxy) is 3. The van der Waals surface area contributed by atoms with Crippen molar-refractivity contribution in [3.63, 3.8) is 0 Å². The van der Waals surface area contributed by atoms with E-state index in [0.29, 0.717) is 24.7 Å². The van der Waals surface area contributed by atoms with Crippen LogP contribution in [-0.4, -0.2) is 61.5 Å². The van der Waals surface area contributed by atoms with Crippen LogP contribution >= 0.6 is 11.3 Å². The van der Waals surface area contributed by atoms with Gasteiger partial charge in [-0.2, -0.15) is 0 Å². The molecule has 1 saturated heterocycles. The average Bonchev–Trinajstić information content (AvgIpc) is 3.38. The highest BCUT2D eigenvalue weighted by atomic mass is 32.1. The normalized spacial score (nSPS) is 27.2. The number of pyridine rings is 1. The molecule has 0 N–H and O–H groups in total. The van der Waals surface area contributed by atoms with Gasteiger partial charge in [0.05, 0.1) is 37.9 Å². The second-order valence-electron chi connectivity index (χ2n) is 8.97. The second kappa shape index (κ2) is 9.99. The lowest BCUT2D eigenvalue weighted by Gasteiger charge is -2.38. The molecule has 1 aliphatic heterocycles. The maximum Gasteiger partial charge on any atom is 0.131 e. The lowest BCUT2D eigenvalue weighted by Crippen LogP contribution is -2.46. The Labute approximate surface area is 189 Å². The molecular formula is C25H34N2O3S. The first kappa shape index (κ1) is 21.4. The molecule has 2 aliphatic carbocycles. The van der Waals surface area contributed by atoms with Crippen LogP contribution in [0.2, 0.25) is 0 Å². The van der Waals surface area contributed by atoms with Crippen LogP contribution in [0, 0.1) is 0 Å². The first-order valence-electron chi connectivity index (χ1n) is 11.9. The van der Waals surface area contributed by atoms with Crippen molar-refractivity contribution in [2.45, 2.75) is 63.5 Å². The molecule has 2 aromatic rings. The van der Waals surface area contributed by atoms with Crippen LogP contribution < -0.4 is 4.74 Å². The molecule has 1 atom stereocenters. The smallest absolute Gasteiger partial charge is 0.131 e. The molecule has 0 amide bonds. The largest absolute Gasteiger partial charge is 0.490 e. The molecular weight excluding hydrogens is 408 g/mol. The molecule has 0 unspecified atom stereocenters. The number of fused-ring (bicyclic) bond motifs is 3. The number of aromatic nitrogens is 1. The number of hydrogen-bond donors (Lipinski definition) is 0. The topological polar surface area (TPSA) is 43.8 Å². The van der Waals surface area contributed by atoms with Crippen LogP contribution in [0.5, 0.6) is 5.75 Å². The van der Waals surface area contributed by atoms with Gasteiger partial charge in [0.2, 0.25) is 0 Å². The Kier molecular flexibility index (Phi) is 6.89. The summed E-state index contributed by atoms with van der Waals surface area (Å²) in [5, 5.41) is 1.26. The Morgan fingerprint density at radius 2 is 2.03 bits per heavy atom. The summed E-state index contributed by atoms with van der Waals surface area (Å²) >= 11 is 1.85. The van der Waals surface area contributed by atoms with Crippen LogP contribution in [0.1, 0.15) is 55.4 Å². The standard InChI is InChI=1S/C25H34N2O3S/c1-2-3-14-29-17-18-4-9-22-23(18)24-21(10-11-26-25(24)31-22)30-20-7-5-19(6-8-20)27-12-15-28-16-13-27/h2-3,10-11,18-20H,4-9,12-17H2,1H3/b3-2+/t18-,19-,20-/m1/s1. The van der Waals surface area contributed by atoms with Crippen LogP contribution in [0.3, 0.4) is 0 Å². The van der Waals surface area contributed by atoms with Crippen molar-refractivity contribution in [1.29, 1.82) is 0 Å². The molecule has 0 bridgehead atoms. The molecule has 0 radical (unpaired) electrons. The number of thiophene rings is 1. The highest BCUT2D eigenvalue weighted by molar-refractivity contribution is 7.19. The molecule has 3 heterocycles. The molecule has 2 aromatic heterocycles. The fourth-order valence-electron chi connectivity index (χ4n) is 5.42. The minimum absolute atomic E-state index is 0.309. The molecule has 0 aromatic carbocycles. The monoisotopic (exact) mass is 442 g/mol. The SMILES string of the molecule is C/C=C/COC[C@H]1CCc2sc3nccc(O[C@H]4CC[C@H](N5CCOCC5)CC4)c3c21. The van der Waals surface area contributed by atoms with Crippen LogP contribution in [-0.2, 0) is 15.9 Å². The van der Waals surface area contributed by atoms with Gasteiger partial charge in [0.25, 0.3) is 0 Å². The summed E-state index contributed by atoms with van der Waals surface area (Å²) in [6, 6.07) is 2.78. The van der Waals surface area contributed by atoms with Crippen molar-refractivity contribution in [3.8, 4) is 5.75 Å². The van der Waals surface area contributed by atoms with Crippen molar-refractivity contribution in [2.24, 2.45) is 0 Å². The zero-order valence-corrected chi connectivity index (χ0v) is 19.4. The van der Waals surface area contributed by atoms with Gasteiger partial charge in [0.15, 0.2) is 0 Å². The number of morpholine rings is 1. The summed E-state index contributed by atoms with van der Waals surface area (Å²) in [6.07, 6.45) is 13.4. The summed E-state index contributed by atoms with van der Waals surface area (Å²) < 4.78 is 18.1. The Balaban J connectivity index is 1.27. The predicted octanol–water partition coefficient (Wildman–Crippen LogP) is 4.94. The van der Waals surface area contributed by atoms with E-state index in [1.165, 1.54) is 35.1 Å². The van der Waals surface area contributed by atoms with Crippen molar-refractivity contribution >= 4 is 21.6 Å². The number of allylic oxidation sites excluding steroid dienone is 1. The second-order valence-corrected chi connectivity index (χ2v) is 10.1. The molecule has 5 nitrogen and oxygen atoms in total. The van der Waals surface area contributed by atoms with Gasteiger partial charge in [-0.15, -0.1) is 11.3 Å². The molecule has 5 rings (SSSR count). The average molecular weight is 443 g/mol. The van der Waals surface area contributed by atoms with E-state index in [2.05, 4.69) is 22.0 Å². The van der Waals surface area contributed by atoms with Gasteiger partial charge in [-0.1, -0.05) is 12.2 Å². The van der Waals surface area contributed by atoms with Crippen molar-refractivity contribution in [1.82, 2.24) is 9.88 Å². The highest BCUT2D eigenvalue weighted by Gasteiger charge is 2.31. The third kappa shape index (κ3) is 4.68. The summed E-state index contributed by atoms with van der Waals surface area (Å²) in [5.41, 5.74) is 1.45. The summed E-state index contributed by atoms with van der Waals surface area (Å²) in [7, 11) is 0. The van der Waals surface area contributed by atoms with Crippen LogP contribution in [0.25, 0.3) is 10.2 Å². The Morgan fingerprint density at radius 3 is 2.84 bits per heavy atom. The van der Waals surface area contributed by atoms with Gasteiger partial charge >= 0.3 is 0 Å². The molecule has 6 heteroatoms. The van der Waals surface area contributed by atoms with Gasteiger partial charge in [0, 0.05) is 36.1 Å². The van der Waals surface area contributed by atoms with E-state index in [0.717, 1.165) is 62.8 Å². The van der Waals surface area contributed by atoms with E-state index in [-0.39, 0.29) is 0 Å². The Morgan fingerprint density at radius 1 is 1.19 bits per heavy atom. The van der Waals surface area contributed by atoms with Gasteiger partial charge in [-0.3, -0.25) is 4.90 Å². The summed E-state index contributed by atoms with van der Waals surface area (Å²) in [5.74, 6) is 1.50. The van der Waals surface area contributed by atoms with Crippen molar-refractivity contribution < 1.29 is 14.2 Å². The third-order valence-electron chi connectivity index (χ3n) is 7.06. The highest BCUT2D eigenvalue weighted by Crippen LogP contribution is 2.47. The van der Waals surface area contributed by atoms with Gasteiger partial charge in [0.1, 0.15) is 10.6 Å². The van der Waals surface area contributed by atoms with Crippen molar-refractivity contribution in [3.05, 3.63) is 34.9 Å². The summed E-state index contributed by atoms with van der Waals surface area (Å²) in [6.45, 7) is 7.44. The third-order valence-corrected chi connectivity index (χ3v) is 8.24. The van der Waals surface area contributed by atoms with Crippen LogP contribution in [0.4, 0.5) is 0 Å². The Hall–Kier alpha value is -1.47. The first-order valence-corrected chi connectivity index (χ1v) is 12.7. The lowest BCUT2D eigenvalue weighted by atomic mass is 9.91. The minimum Gasteiger partial charge on any atom is -0.490 e. The minimum atomic E-state index is 0.309. The lowest BCUT2D eigenvalue weighted by molar-refractivity contribution is -0.000920. The zero-order chi connectivity index (χ0) is 21.0. The number of hydrogen-bond acceptors (Lipinski definition) is 6. The van der Waals surface area contributed by atoms with Gasteiger partial charge in [-0.05, 0) is 57.1 Å². The maximum absolute atomic E-state index is 6.65. The molecule has 3 aliphatic rings. The van der Waals surface area contributed by atoms with E-state index in [1.807, 2.05) is 30.5 Å². The molecule has 0 spiro atoms. The number of nitrogens with zero attached hydrogens (tertiary/aromatic N) is 2. The summed E-state index contributed by atoms with van der Waals surface area (Å²) in [4.78, 5) is 9.91. The van der Waals surface area contributed by atoms with E-state index in [9.17, 15) is 0 Å².